The highest BCUT2D eigenvalue weighted by molar-refractivity contribution is 5.88. The molecule has 6 rings (SSSR count). The number of aromatic amines is 2. The molecule has 280 valence electrons. The van der Waals surface area contributed by atoms with E-state index in [0.717, 1.165) is 69.3 Å². The molecule has 1 aliphatic rings. The number of alkyl carbamates (subject to hydrolysis) is 2. The molecule has 5 aromatic rings. The molecular formula is C40H44N8O6. The van der Waals surface area contributed by atoms with Gasteiger partial charge in [-0.05, 0) is 65.9 Å². The molecule has 4 amide bonds. The SMILES string of the molecule is CCCN(Cc1ncc(-c2ccc3cc(C#Cc4ccc5nc([C@@H]6[C@H](CC)CCN6C(=O)CNC(=O)OC)[nH]c5c4)ccc3c2)[nH]1)C(=O)CNC(=O)OC. The summed E-state index contributed by atoms with van der Waals surface area (Å²) in [6.45, 7) is 5.22. The lowest BCUT2D eigenvalue weighted by molar-refractivity contribution is -0.132. The summed E-state index contributed by atoms with van der Waals surface area (Å²) in [6.07, 6.45) is 2.98. The summed E-state index contributed by atoms with van der Waals surface area (Å²) >= 11 is 0. The number of aromatic nitrogens is 4. The van der Waals surface area contributed by atoms with Crippen LogP contribution in [-0.2, 0) is 25.6 Å². The summed E-state index contributed by atoms with van der Waals surface area (Å²) in [5.74, 6) is 7.79. The van der Waals surface area contributed by atoms with Crippen molar-refractivity contribution in [3.63, 3.8) is 0 Å². The molecule has 4 N–H and O–H groups in total. The van der Waals surface area contributed by atoms with Crippen LogP contribution < -0.4 is 10.6 Å². The number of methoxy groups -OCH3 is 2. The number of fused-ring (bicyclic) bond motifs is 2. The van der Waals surface area contributed by atoms with Crippen LogP contribution in [0.15, 0.2) is 60.8 Å². The smallest absolute Gasteiger partial charge is 0.407 e. The van der Waals surface area contributed by atoms with Gasteiger partial charge in [-0.1, -0.05) is 50.3 Å². The lowest BCUT2D eigenvalue weighted by Gasteiger charge is -2.26. The lowest BCUT2D eigenvalue weighted by atomic mass is 9.97. The summed E-state index contributed by atoms with van der Waals surface area (Å²) < 4.78 is 9.18. The number of nitrogens with zero attached hydrogens (tertiary/aromatic N) is 4. The molecule has 0 radical (unpaired) electrons. The Bertz CT molecular complexity index is 2230. The highest BCUT2D eigenvalue weighted by Gasteiger charge is 2.39. The minimum atomic E-state index is -0.652. The second-order valence-corrected chi connectivity index (χ2v) is 13.1. The molecule has 0 unspecified atom stereocenters. The molecule has 2 atom stereocenters. The Morgan fingerprint density at radius 2 is 1.61 bits per heavy atom. The fourth-order valence-corrected chi connectivity index (χ4v) is 6.80. The van der Waals surface area contributed by atoms with E-state index in [-0.39, 0.29) is 43.4 Å². The number of likely N-dealkylation sites (tertiary alicyclic amines) is 1. The number of ether oxygens (including phenoxy) is 2. The maximum Gasteiger partial charge on any atom is 0.407 e. The minimum absolute atomic E-state index is 0.135. The van der Waals surface area contributed by atoms with E-state index in [1.807, 2.05) is 49.4 Å². The molecule has 54 heavy (non-hydrogen) atoms. The largest absolute Gasteiger partial charge is 0.453 e. The van der Waals surface area contributed by atoms with Crippen LogP contribution in [0.5, 0.6) is 0 Å². The van der Waals surface area contributed by atoms with Crippen molar-refractivity contribution in [2.24, 2.45) is 5.92 Å². The number of nitrogens with one attached hydrogen (secondary N) is 4. The first-order valence-electron chi connectivity index (χ1n) is 18.0. The predicted octanol–water partition coefficient (Wildman–Crippen LogP) is 5.26. The van der Waals surface area contributed by atoms with E-state index in [1.165, 1.54) is 14.2 Å². The third-order valence-electron chi connectivity index (χ3n) is 9.60. The Labute approximate surface area is 313 Å². The number of imidazole rings is 2. The molecule has 3 heterocycles. The van der Waals surface area contributed by atoms with Crippen molar-refractivity contribution in [2.45, 2.75) is 45.7 Å². The monoisotopic (exact) mass is 732 g/mol. The lowest BCUT2D eigenvalue weighted by Crippen LogP contribution is -2.40. The number of hydrogen-bond acceptors (Lipinski definition) is 8. The number of H-pyrrole nitrogens is 2. The summed E-state index contributed by atoms with van der Waals surface area (Å²) in [6, 6.07) is 17.9. The Morgan fingerprint density at radius 1 is 0.907 bits per heavy atom. The molecule has 1 fully saturated rings. The van der Waals surface area contributed by atoms with E-state index in [1.54, 1.807) is 16.0 Å². The molecule has 0 bridgehead atoms. The van der Waals surface area contributed by atoms with Crippen LogP contribution in [0.2, 0.25) is 0 Å². The topological polar surface area (TPSA) is 175 Å². The summed E-state index contributed by atoms with van der Waals surface area (Å²) in [7, 11) is 2.52. The van der Waals surface area contributed by atoms with Gasteiger partial charge >= 0.3 is 12.2 Å². The number of carbonyl (C=O) groups is 4. The van der Waals surface area contributed by atoms with Gasteiger partial charge in [-0.2, -0.15) is 0 Å². The van der Waals surface area contributed by atoms with Gasteiger partial charge < -0.3 is 39.9 Å². The van der Waals surface area contributed by atoms with E-state index in [4.69, 9.17) is 4.98 Å². The Kier molecular flexibility index (Phi) is 11.8. The first-order chi connectivity index (χ1) is 26.2. The van der Waals surface area contributed by atoms with Gasteiger partial charge in [0.05, 0.1) is 49.7 Å². The first kappa shape index (κ1) is 37.4. The Hall–Kier alpha value is -6.36. The van der Waals surface area contributed by atoms with Crippen LogP contribution >= 0.6 is 0 Å². The summed E-state index contributed by atoms with van der Waals surface area (Å²) in [4.78, 5) is 68.3. The van der Waals surface area contributed by atoms with Gasteiger partial charge in [0.1, 0.15) is 24.7 Å². The first-order valence-corrected chi connectivity index (χ1v) is 18.0. The fourth-order valence-electron chi connectivity index (χ4n) is 6.80. The molecule has 14 heteroatoms. The van der Waals surface area contributed by atoms with Crippen molar-refractivity contribution in [3.8, 4) is 23.1 Å². The van der Waals surface area contributed by atoms with E-state index in [2.05, 4.69) is 66.0 Å². The molecule has 1 aliphatic heterocycles. The van der Waals surface area contributed by atoms with Gasteiger partial charge in [0, 0.05) is 29.8 Å². The molecule has 0 aliphatic carbocycles. The molecule has 2 aromatic heterocycles. The van der Waals surface area contributed by atoms with Gasteiger partial charge in [0.15, 0.2) is 0 Å². The number of amides is 4. The van der Waals surface area contributed by atoms with E-state index in [9.17, 15) is 19.2 Å². The molecular weight excluding hydrogens is 688 g/mol. The second kappa shape index (κ2) is 17.0. The Balaban J connectivity index is 1.14. The average molecular weight is 733 g/mol. The maximum atomic E-state index is 13.0. The van der Waals surface area contributed by atoms with Gasteiger partial charge in [-0.15, -0.1) is 0 Å². The van der Waals surface area contributed by atoms with Crippen molar-refractivity contribution in [3.05, 3.63) is 83.6 Å². The zero-order valence-corrected chi connectivity index (χ0v) is 30.8. The average Bonchev–Trinajstić information content (AvgIpc) is 3.95. The van der Waals surface area contributed by atoms with Crippen molar-refractivity contribution in [1.29, 1.82) is 0 Å². The van der Waals surface area contributed by atoms with Crippen LogP contribution in [-0.4, -0.2) is 94.1 Å². The standard InChI is InChI=1S/C40H44N8O6/c1-5-16-47(35(49)22-42-39(51)53-3)24-34-41-21-33(44-34)30-13-12-28-18-25(9-11-29(28)20-30)7-8-26-10-14-31-32(19-26)46-38(45-31)37-27(6-2)15-17-48(37)36(50)23-43-40(52)54-4/h9-14,18-21,27,37H,5-6,15-17,22-24H2,1-4H3,(H,41,44)(H,42,51)(H,43,52)(H,45,46)/t27-,37+/m1/s1. The van der Waals surface area contributed by atoms with Gasteiger partial charge in [-0.3, -0.25) is 9.59 Å². The quantitative estimate of drug-likeness (QED) is 0.133. The third kappa shape index (κ3) is 8.63. The number of carbonyl (C=O) groups excluding carboxylic acids is 4. The number of benzene rings is 3. The highest BCUT2D eigenvalue weighted by Crippen LogP contribution is 2.38. The van der Waals surface area contributed by atoms with Gasteiger partial charge in [0.2, 0.25) is 11.8 Å². The highest BCUT2D eigenvalue weighted by atomic mass is 16.5. The van der Waals surface area contributed by atoms with Crippen molar-refractivity contribution in [2.75, 3.05) is 40.4 Å². The summed E-state index contributed by atoms with van der Waals surface area (Å²) in [5.41, 5.74) is 5.13. The zero-order chi connectivity index (χ0) is 38.2. The van der Waals surface area contributed by atoms with Crippen LogP contribution in [0.3, 0.4) is 0 Å². The second-order valence-electron chi connectivity index (χ2n) is 13.1. The van der Waals surface area contributed by atoms with Crippen molar-refractivity contribution < 1.29 is 28.7 Å². The molecule has 0 saturated carbocycles. The zero-order valence-electron chi connectivity index (χ0n) is 30.8. The van der Waals surface area contributed by atoms with Crippen molar-refractivity contribution >= 4 is 45.8 Å². The van der Waals surface area contributed by atoms with E-state index in [0.29, 0.717) is 18.9 Å². The summed E-state index contributed by atoms with van der Waals surface area (Å²) in [5, 5.41) is 7.01. The van der Waals surface area contributed by atoms with Crippen LogP contribution in [0, 0.1) is 17.8 Å². The molecule has 1 saturated heterocycles. The third-order valence-corrected chi connectivity index (χ3v) is 9.60. The van der Waals surface area contributed by atoms with Gasteiger partial charge in [0.25, 0.3) is 0 Å². The van der Waals surface area contributed by atoms with Crippen molar-refractivity contribution in [1.82, 2.24) is 40.4 Å². The Morgan fingerprint density at radius 3 is 2.35 bits per heavy atom. The number of hydrogen-bond donors (Lipinski definition) is 4. The predicted molar refractivity (Wildman–Crippen MR) is 203 cm³/mol. The minimum Gasteiger partial charge on any atom is -0.453 e. The normalized spacial score (nSPS) is 15.1. The molecule has 3 aromatic carbocycles. The van der Waals surface area contributed by atoms with E-state index < -0.39 is 12.2 Å². The number of rotatable bonds is 11. The van der Waals surface area contributed by atoms with Gasteiger partial charge in [-0.25, -0.2) is 19.6 Å². The van der Waals surface area contributed by atoms with Crippen LogP contribution in [0.25, 0.3) is 33.1 Å². The van der Waals surface area contributed by atoms with E-state index >= 15 is 0 Å². The van der Waals surface area contributed by atoms with Crippen LogP contribution in [0.1, 0.15) is 61.9 Å². The fraction of sp³-hybridized carbons (Fsp3) is 0.350. The molecule has 14 nitrogen and oxygen atoms in total. The maximum absolute atomic E-state index is 13.0. The molecule has 0 spiro atoms. The van der Waals surface area contributed by atoms with Crippen LogP contribution in [0.4, 0.5) is 9.59 Å².